The molecule has 0 aliphatic rings. The van der Waals surface area contributed by atoms with Crippen LogP contribution in [0.3, 0.4) is 0 Å². The highest BCUT2D eigenvalue weighted by Gasteiger charge is 2.34. The number of carbonyl (C=O) groups is 1. The maximum absolute atomic E-state index is 11.9. The lowest BCUT2D eigenvalue weighted by Crippen LogP contribution is -2.56. The Hall–Kier alpha value is -1.43. The van der Waals surface area contributed by atoms with Gasteiger partial charge in [0.2, 0.25) is 5.91 Å². The Morgan fingerprint density at radius 2 is 1.95 bits per heavy atom. The molecule has 0 radical (unpaired) electrons. The van der Waals surface area contributed by atoms with Crippen molar-refractivity contribution in [3.8, 4) is 0 Å². The van der Waals surface area contributed by atoms with Crippen molar-refractivity contribution in [1.29, 1.82) is 0 Å². The van der Waals surface area contributed by atoms with Gasteiger partial charge in [0, 0.05) is 18.9 Å². The third-order valence-corrected chi connectivity index (χ3v) is 3.65. The number of aromatic nitrogens is 3. The summed E-state index contributed by atoms with van der Waals surface area (Å²) >= 11 is 0. The second kappa shape index (κ2) is 7.02. The summed E-state index contributed by atoms with van der Waals surface area (Å²) in [7, 11) is 0. The Labute approximate surface area is 127 Å². The molecule has 1 aromatic heterocycles. The number of hydrogen-bond donors (Lipinski definition) is 2. The number of hydrogen-bond acceptors (Lipinski definition) is 4. The van der Waals surface area contributed by atoms with E-state index in [4.69, 9.17) is 5.73 Å². The summed E-state index contributed by atoms with van der Waals surface area (Å²) in [6.07, 6.45) is 2.21. The van der Waals surface area contributed by atoms with Gasteiger partial charge in [-0.15, -0.1) is 0 Å². The molecular formula is C15H29N5O. The molecule has 0 aromatic carbocycles. The minimum atomic E-state index is -0.753. The molecule has 1 amide bonds. The Kier molecular flexibility index (Phi) is 5.89. The first-order valence-electron chi connectivity index (χ1n) is 7.75. The predicted molar refractivity (Wildman–Crippen MR) is 84.0 cm³/mol. The van der Waals surface area contributed by atoms with Crippen molar-refractivity contribution in [3.05, 3.63) is 11.6 Å². The number of amides is 1. The third-order valence-electron chi connectivity index (χ3n) is 3.65. The number of carbonyl (C=O) groups excluding carboxylic acids is 1. The Balaban J connectivity index is 2.99. The molecule has 0 saturated carbocycles. The molecule has 0 saturated heterocycles. The predicted octanol–water partition coefficient (Wildman–Crippen LogP) is 1.60. The molecule has 6 nitrogen and oxygen atoms in total. The van der Waals surface area contributed by atoms with Gasteiger partial charge in [-0.1, -0.05) is 13.8 Å². The van der Waals surface area contributed by atoms with E-state index in [9.17, 15) is 4.79 Å². The third kappa shape index (κ3) is 4.27. The maximum Gasteiger partial charge on any atom is 0.237 e. The van der Waals surface area contributed by atoms with Crippen LogP contribution in [0.2, 0.25) is 0 Å². The van der Waals surface area contributed by atoms with E-state index in [1.807, 2.05) is 32.4 Å². The van der Waals surface area contributed by atoms with Gasteiger partial charge in [0.1, 0.15) is 5.82 Å². The van der Waals surface area contributed by atoms with Crippen molar-refractivity contribution < 1.29 is 4.79 Å². The van der Waals surface area contributed by atoms with Crippen molar-refractivity contribution in [2.24, 2.45) is 5.73 Å². The number of primary amides is 1. The van der Waals surface area contributed by atoms with Gasteiger partial charge in [-0.05, 0) is 34.1 Å². The standard InChI is InChI=1S/C15H29N5O/c1-7-12-17-13(8-2)20(19-12)11(5)9-15(6,14(16)21)18-10(3)4/h10-11,18H,7-9H2,1-6H3,(H2,16,21). The largest absolute Gasteiger partial charge is 0.368 e. The zero-order chi connectivity index (χ0) is 16.2. The van der Waals surface area contributed by atoms with E-state index in [0.29, 0.717) is 6.42 Å². The summed E-state index contributed by atoms with van der Waals surface area (Å²) < 4.78 is 1.93. The summed E-state index contributed by atoms with van der Waals surface area (Å²) in [6.45, 7) is 12.0. The molecule has 21 heavy (non-hydrogen) atoms. The van der Waals surface area contributed by atoms with Gasteiger partial charge < -0.3 is 11.1 Å². The second-order valence-electron chi connectivity index (χ2n) is 6.14. The number of aryl methyl sites for hydroxylation is 2. The zero-order valence-electron chi connectivity index (χ0n) is 14.1. The Bertz CT molecular complexity index is 482. The minimum absolute atomic E-state index is 0.0523. The Morgan fingerprint density at radius 1 is 1.33 bits per heavy atom. The number of rotatable bonds is 8. The van der Waals surface area contributed by atoms with Crippen LogP contribution in [-0.2, 0) is 17.6 Å². The average Bonchev–Trinajstić information content (AvgIpc) is 2.80. The molecule has 1 rings (SSSR count). The summed E-state index contributed by atoms with van der Waals surface area (Å²) in [4.78, 5) is 16.4. The number of nitrogens with one attached hydrogen (secondary N) is 1. The normalized spacial score (nSPS) is 16.0. The molecule has 0 fully saturated rings. The van der Waals surface area contributed by atoms with Crippen molar-refractivity contribution in [2.75, 3.05) is 0 Å². The minimum Gasteiger partial charge on any atom is -0.368 e. The smallest absolute Gasteiger partial charge is 0.237 e. The van der Waals surface area contributed by atoms with Gasteiger partial charge in [0.05, 0.1) is 11.6 Å². The molecule has 2 atom stereocenters. The van der Waals surface area contributed by atoms with E-state index in [0.717, 1.165) is 24.5 Å². The fraction of sp³-hybridized carbons (Fsp3) is 0.800. The first kappa shape index (κ1) is 17.6. The first-order valence-corrected chi connectivity index (χ1v) is 7.75. The monoisotopic (exact) mass is 295 g/mol. The van der Waals surface area contributed by atoms with Crippen LogP contribution in [0.4, 0.5) is 0 Å². The van der Waals surface area contributed by atoms with Crippen molar-refractivity contribution in [3.63, 3.8) is 0 Å². The van der Waals surface area contributed by atoms with Crippen molar-refractivity contribution in [2.45, 2.75) is 78.4 Å². The van der Waals surface area contributed by atoms with Crippen LogP contribution in [0.1, 0.15) is 65.7 Å². The molecule has 1 aromatic rings. The van der Waals surface area contributed by atoms with E-state index in [2.05, 4.69) is 29.2 Å². The molecule has 6 heteroatoms. The molecular weight excluding hydrogens is 266 g/mol. The van der Waals surface area contributed by atoms with Crippen LogP contribution in [-0.4, -0.2) is 32.3 Å². The van der Waals surface area contributed by atoms with Crippen LogP contribution in [0.15, 0.2) is 0 Å². The quantitative estimate of drug-likeness (QED) is 0.762. The van der Waals surface area contributed by atoms with Crippen LogP contribution >= 0.6 is 0 Å². The van der Waals surface area contributed by atoms with Gasteiger partial charge in [-0.25, -0.2) is 9.67 Å². The van der Waals surface area contributed by atoms with E-state index in [-0.39, 0.29) is 18.0 Å². The lowest BCUT2D eigenvalue weighted by atomic mass is 9.92. The van der Waals surface area contributed by atoms with Gasteiger partial charge in [-0.2, -0.15) is 5.10 Å². The number of nitrogens with zero attached hydrogens (tertiary/aromatic N) is 3. The van der Waals surface area contributed by atoms with Crippen LogP contribution in [0, 0.1) is 0 Å². The summed E-state index contributed by atoms with van der Waals surface area (Å²) in [6, 6.07) is 0.235. The molecule has 3 N–H and O–H groups in total. The summed E-state index contributed by atoms with van der Waals surface area (Å²) in [5.74, 6) is 1.46. The second-order valence-corrected chi connectivity index (χ2v) is 6.14. The SMILES string of the molecule is CCc1nc(CC)n(C(C)CC(C)(NC(C)C)C(N)=O)n1. The highest BCUT2D eigenvalue weighted by Crippen LogP contribution is 2.22. The van der Waals surface area contributed by atoms with Crippen molar-refractivity contribution >= 4 is 5.91 Å². The highest BCUT2D eigenvalue weighted by atomic mass is 16.1. The molecule has 0 spiro atoms. The number of nitrogens with two attached hydrogens (primary N) is 1. The van der Waals surface area contributed by atoms with Gasteiger partial charge in [0.15, 0.2) is 5.82 Å². The van der Waals surface area contributed by atoms with E-state index in [1.165, 1.54) is 0 Å². The topological polar surface area (TPSA) is 85.8 Å². The van der Waals surface area contributed by atoms with Crippen LogP contribution < -0.4 is 11.1 Å². The Morgan fingerprint density at radius 3 is 2.38 bits per heavy atom. The van der Waals surface area contributed by atoms with Crippen molar-refractivity contribution in [1.82, 2.24) is 20.1 Å². The molecule has 0 aliphatic carbocycles. The lowest BCUT2D eigenvalue weighted by molar-refractivity contribution is -0.124. The van der Waals surface area contributed by atoms with Crippen LogP contribution in [0.5, 0.6) is 0 Å². The zero-order valence-corrected chi connectivity index (χ0v) is 14.1. The van der Waals surface area contributed by atoms with Crippen LogP contribution in [0.25, 0.3) is 0 Å². The maximum atomic E-state index is 11.9. The molecule has 1 heterocycles. The fourth-order valence-corrected chi connectivity index (χ4v) is 2.69. The summed E-state index contributed by atoms with van der Waals surface area (Å²) in [5, 5.41) is 7.83. The van der Waals surface area contributed by atoms with E-state index in [1.54, 1.807) is 0 Å². The molecule has 0 aliphatic heterocycles. The first-order chi connectivity index (χ1) is 9.73. The van der Waals surface area contributed by atoms with E-state index >= 15 is 0 Å². The van der Waals surface area contributed by atoms with Gasteiger partial charge in [0.25, 0.3) is 0 Å². The van der Waals surface area contributed by atoms with Gasteiger partial charge >= 0.3 is 0 Å². The van der Waals surface area contributed by atoms with E-state index < -0.39 is 5.54 Å². The van der Waals surface area contributed by atoms with Gasteiger partial charge in [-0.3, -0.25) is 4.79 Å². The fourth-order valence-electron chi connectivity index (χ4n) is 2.69. The molecule has 0 bridgehead atoms. The lowest BCUT2D eigenvalue weighted by Gasteiger charge is -2.32. The molecule has 2 unspecified atom stereocenters. The molecule has 120 valence electrons. The summed E-state index contributed by atoms with van der Waals surface area (Å²) in [5.41, 5.74) is 4.85. The average molecular weight is 295 g/mol. The highest BCUT2D eigenvalue weighted by molar-refractivity contribution is 5.84.